The van der Waals surface area contributed by atoms with Gasteiger partial charge in [-0.05, 0) is 48.2 Å². The van der Waals surface area contributed by atoms with Crippen LogP contribution in [-0.2, 0) is 4.79 Å². The van der Waals surface area contributed by atoms with E-state index in [4.69, 9.17) is 34.8 Å². The van der Waals surface area contributed by atoms with E-state index in [1.165, 1.54) is 38.1 Å². The van der Waals surface area contributed by atoms with Gasteiger partial charge >= 0.3 is 12.4 Å². The topological polar surface area (TPSA) is 58.2 Å². The molecule has 2 aromatic rings. The van der Waals surface area contributed by atoms with Crippen LogP contribution in [0.25, 0.3) is 6.08 Å². The maximum absolute atomic E-state index is 13.7. The van der Waals surface area contributed by atoms with E-state index in [9.17, 15) is 35.9 Å². The summed E-state index contributed by atoms with van der Waals surface area (Å²) < 4.78 is 78.3. The first-order valence-electron chi connectivity index (χ1n) is 10.7. The van der Waals surface area contributed by atoms with E-state index in [0.717, 1.165) is 18.2 Å². The molecule has 1 unspecified atom stereocenters. The highest BCUT2D eigenvalue weighted by atomic mass is 35.5. The highest BCUT2D eigenvalue weighted by molar-refractivity contribution is 6.48. The van der Waals surface area contributed by atoms with Crippen molar-refractivity contribution in [2.24, 2.45) is 0 Å². The quantitative estimate of drug-likeness (QED) is 0.247. The third-order valence-corrected chi connectivity index (χ3v) is 6.38. The Labute approximate surface area is 224 Å². The zero-order chi connectivity index (χ0) is 28.1. The van der Waals surface area contributed by atoms with Crippen molar-refractivity contribution in [3.05, 3.63) is 73.7 Å². The van der Waals surface area contributed by atoms with Crippen LogP contribution in [0.3, 0.4) is 0 Å². The minimum absolute atomic E-state index is 0.0346. The Balaban J connectivity index is 2.22. The fraction of sp³-hybridized carbons (Fsp3) is 0.333. The predicted octanol–water partition coefficient (Wildman–Crippen LogP) is 7.50. The van der Waals surface area contributed by atoms with Gasteiger partial charge in [0.1, 0.15) is 12.6 Å². The third kappa shape index (κ3) is 8.83. The van der Waals surface area contributed by atoms with Crippen LogP contribution >= 0.6 is 34.8 Å². The summed E-state index contributed by atoms with van der Waals surface area (Å²) in [5.74, 6) is -3.77. The van der Waals surface area contributed by atoms with Crippen LogP contribution in [-0.4, -0.2) is 36.8 Å². The van der Waals surface area contributed by atoms with Crippen molar-refractivity contribution in [3.8, 4) is 0 Å². The lowest BCUT2D eigenvalue weighted by Gasteiger charge is -2.19. The summed E-state index contributed by atoms with van der Waals surface area (Å²) >= 11 is 17.6. The molecule has 0 saturated carbocycles. The number of alkyl halides is 6. The van der Waals surface area contributed by atoms with Crippen LogP contribution in [0.15, 0.2) is 36.4 Å². The molecule has 0 fully saturated rings. The van der Waals surface area contributed by atoms with Gasteiger partial charge in [0.2, 0.25) is 5.91 Å². The number of benzene rings is 2. The molecule has 0 saturated heterocycles. The zero-order valence-electron chi connectivity index (χ0n) is 19.3. The Morgan fingerprint density at radius 2 is 1.59 bits per heavy atom. The number of hydrogen-bond donors (Lipinski definition) is 2. The van der Waals surface area contributed by atoms with Crippen LogP contribution in [0.1, 0.15) is 46.3 Å². The highest BCUT2D eigenvalue weighted by Crippen LogP contribution is 2.41. The molecule has 2 aromatic carbocycles. The van der Waals surface area contributed by atoms with Crippen molar-refractivity contribution in [2.75, 3.05) is 6.54 Å². The number of nitrogens with one attached hydrogen (secondary N) is 2. The number of carbonyl (C=O) groups is 2. The lowest BCUT2D eigenvalue weighted by atomic mass is 9.96. The van der Waals surface area contributed by atoms with Gasteiger partial charge in [-0.15, -0.1) is 0 Å². The smallest absolute Gasteiger partial charge is 0.345 e. The van der Waals surface area contributed by atoms with E-state index in [0.29, 0.717) is 11.1 Å². The molecular formula is C24H21Cl3F6N2O2. The van der Waals surface area contributed by atoms with E-state index in [2.05, 4.69) is 5.32 Å². The van der Waals surface area contributed by atoms with Crippen LogP contribution in [0.4, 0.5) is 26.3 Å². The summed E-state index contributed by atoms with van der Waals surface area (Å²) in [4.78, 5) is 24.6. The molecule has 0 aromatic heterocycles. The van der Waals surface area contributed by atoms with Gasteiger partial charge in [-0.2, -0.15) is 26.3 Å². The average molecular weight is 590 g/mol. The molecule has 2 N–H and O–H groups in total. The summed E-state index contributed by atoms with van der Waals surface area (Å²) in [5.41, 5.74) is 0.587. The minimum atomic E-state index is -4.67. The second-order valence-corrected chi connectivity index (χ2v) is 9.21. The molecular weight excluding hydrogens is 569 g/mol. The number of amides is 2. The minimum Gasteiger partial charge on any atom is -0.345 e. The van der Waals surface area contributed by atoms with Gasteiger partial charge < -0.3 is 10.6 Å². The van der Waals surface area contributed by atoms with E-state index in [1.807, 2.05) is 0 Å². The van der Waals surface area contributed by atoms with Gasteiger partial charge in [0.25, 0.3) is 5.91 Å². The molecule has 13 heteroatoms. The van der Waals surface area contributed by atoms with Gasteiger partial charge in [0.05, 0.1) is 21.0 Å². The van der Waals surface area contributed by atoms with Crippen molar-refractivity contribution in [1.82, 2.24) is 10.6 Å². The van der Waals surface area contributed by atoms with Crippen molar-refractivity contribution in [2.45, 2.75) is 44.6 Å². The van der Waals surface area contributed by atoms with E-state index < -0.39 is 42.7 Å². The monoisotopic (exact) mass is 588 g/mol. The number of carbonyl (C=O) groups excluding carboxylic acids is 2. The average Bonchev–Trinajstić information content (AvgIpc) is 2.78. The van der Waals surface area contributed by atoms with Crippen LogP contribution in [0.2, 0.25) is 15.1 Å². The molecule has 2 atom stereocenters. The summed E-state index contributed by atoms with van der Waals surface area (Å²) in [6, 6.07) is 5.12. The summed E-state index contributed by atoms with van der Waals surface area (Å²) in [5, 5.41) is 3.76. The summed E-state index contributed by atoms with van der Waals surface area (Å²) in [6.07, 6.45) is -7.12. The molecule has 0 aliphatic heterocycles. The maximum Gasteiger partial charge on any atom is 0.405 e. The Morgan fingerprint density at radius 1 is 1.00 bits per heavy atom. The molecule has 2 rings (SSSR count). The van der Waals surface area contributed by atoms with Gasteiger partial charge in [0, 0.05) is 5.56 Å². The van der Waals surface area contributed by atoms with Gasteiger partial charge in [-0.25, -0.2) is 0 Å². The number of rotatable bonds is 8. The molecule has 0 heterocycles. The van der Waals surface area contributed by atoms with E-state index in [1.54, 1.807) is 5.32 Å². The SMILES string of the molecule is CC[C@H](NC(=O)c1ccc(/C=C/C(c2cc(Cl)c(Cl)c(Cl)c2)C(F)(F)F)cc1C)C(=O)NCC(F)(F)F. The first-order chi connectivity index (χ1) is 17.0. The molecule has 0 aliphatic carbocycles. The lowest BCUT2D eigenvalue weighted by molar-refractivity contribution is -0.139. The summed E-state index contributed by atoms with van der Waals surface area (Å²) in [6.45, 7) is 1.50. The predicted molar refractivity (Wildman–Crippen MR) is 131 cm³/mol. The Bertz CT molecular complexity index is 1160. The number of halogens is 9. The lowest BCUT2D eigenvalue weighted by Crippen LogP contribution is -2.48. The standard InChI is InChI=1S/C24H21Cl3F6N2O2/c1-3-19(22(37)34-11-23(28,29)30)35-21(36)15-6-4-13(8-12(15)2)5-7-16(24(31,32)33)14-9-17(25)20(27)18(26)10-14/h4-10,16,19H,3,11H2,1-2H3,(H,34,37)(H,35,36)/b7-5+/t16?,19-/m0/s1. The largest absolute Gasteiger partial charge is 0.405 e. The molecule has 0 spiro atoms. The molecule has 37 heavy (non-hydrogen) atoms. The third-order valence-electron chi connectivity index (χ3n) is 5.19. The molecule has 4 nitrogen and oxygen atoms in total. The van der Waals surface area contributed by atoms with E-state index in [-0.39, 0.29) is 32.6 Å². The van der Waals surface area contributed by atoms with Crippen LogP contribution in [0, 0.1) is 6.92 Å². The molecule has 0 bridgehead atoms. The summed E-state index contributed by atoms with van der Waals surface area (Å²) in [7, 11) is 0. The first kappa shape index (κ1) is 30.8. The van der Waals surface area contributed by atoms with Crippen LogP contribution in [0.5, 0.6) is 0 Å². The normalized spacial score (nSPS) is 13.9. The molecule has 202 valence electrons. The van der Waals surface area contributed by atoms with Crippen LogP contribution < -0.4 is 10.6 Å². The highest BCUT2D eigenvalue weighted by Gasteiger charge is 2.39. The van der Waals surface area contributed by atoms with Gasteiger partial charge in [0.15, 0.2) is 0 Å². The second kappa shape index (κ2) is 12.4. The number of aryl methyl sites for hydroxylation is 1. The Kier molecular flexibility index (Phi) is 10.3. The first-order valence-corrected chi connectivity index (χ1v) is 11.8. The maximum atomic E-state index is 13.7. The Hall–Kier alpha value is -2.43. The van der Waals surface area contributed by atoms with E-state index >= 15 is 0 Å². The number of hydrogen-bond acceptors (Lipinski definition) is 2. The molecule has 0 aliphatic rings. The number of allylic oxidation sites excluding steroid dienone is 1. The molecule has 0 radical (unpaired) electrons. The zero-order valence-corrected chi connectivity index (χ0v) is 21.6. The molecule has 2 amide bonds. The second-order valence-electron chi connectivity index (χ2n) is 8.02. The fourth-order valence-electron chi connectivity index (χ4n) is 3.32. The van der Waals surface area contributed by atoms with Gasteiger partial charge in [-0.1, -0.05) is 66.0 Å². The Morgan fingerprint density at radius 3 is 2.08 bits per heavy atom. The fourth-order valence-corrected chi connectivity index (χ4v) is 3.93. The van der Waals surface area contributed by atoms with Crippen molar-refractivity contribution in [1.29, 1.82) is 0 Å². The van der Waals surface area contributed by atoms with Crippen molar-refractivity contribution in [3.63, 3.8) is 0 Å². The van der Waals surface area contributed by atoms with Gasteiger partial charge in [-0.3, -0.25) is 9.59 Å². The van der Waals surface area contributed by atoms with Crippen molar-refractivity contribution >= 4 is 52.7 Å². The van der Waals surface area contributed by atoms with Crippen molar-refractivity contribution < 1.29 is 35.9 Å².